The van der Waals surface area contributed by atoms with Crippen LogP contribution in [0.1, 0.15) is 61.0 Å². The topological polar surface area (TPSA) is 145 Å². The van der Waals surface area contributed by atoms with E-state index in [2.05, 4.69) is 55.4 Å². The molecule has 2 aliphatic heterocycles. The summed E-state index contributed by atoms with van der Waals surface area (Å²) >= 11 is 0. The molecule has 258 valence electrons. The fourth-order valence-corrected chi connectivity index (χ4v) is 17.4. The third-order valence-corrected chi connectivity index (χ3v) is 19.0. The molecule has 0 unspecified atom stereocenters. The first kappa shape index (κ1) is 36.6. The maximum absolute atomic E-state index is 13.4. The first-order chi connectivity index (χ1) is 22.1. The summed E-state index contributed by atoms with van der Waals surface area (Å²) < 4.78 is 45.1. The number of carbonyl (C=O) groups is 1. The van der Waals surface area contributed by atoms with Gasteiger partial charge in [-0.15, -0.1) is 0 Å². The van der Waals surface area contributed by atoms with Gasteiger partial charge in [-0.05, 0) is 58.1 Å². The van der Waals surface area contributed by atoms with Crippen LogP contribution in [0.3, 0.4) is 0 Å². The van der Waals surface area contributed by atoms with Gasteiger partial charge in [0, 0.05) is 18.2 Å². The van der Waals surface area contributed by atoms with Crippen LogP contribution in [-0.2, 0) is 27.2 Å². The van der Waals surface area contributed by atoms with Crippen LogP contribution in [0, 0.1) is 10.1 Å². The molecule has 14 heteroatoms. The molecule has 0 bridgehead atoms. The van der Waals surface area contributed by atoms with Crippen molar-refractivity contribution in [1.29, 1.82) is 0 Å². The average molecular weight is 690 g/mol. The van der Waals surface area contributed by atoms with Crippen LogP contribution in [0.25, 0.3) is 6.08 Å². The van der Waals surface area contributed by atoms with Gasteiger partial charge in [0.1, 0.15) is 18.0 Å². The Hall–Kier alpha value is -3.28. The lowest BCUT2D eigenvalue weighted by molar-refractivity contribution is -0.384. The van der Waals surface area contributed by atoms with Crippen molar-refractivity contribution in [2.24, 2.45) is 0 Å². The maximum Gasteiger partial charge on any atom is 0.335 e. The Morgan fingerprint density at radius 2 is 1.60 bits per heavy atom. The standard InChI is InChI=1S/C33H47NO11Si2/c1-20(2)46(21(3)4)40-19-29-31(44-47(45-46,22(5)6)23(7)8)32(33(42-29)41-26-14-12-25(13-15-26)34(37)38)43-30(36)17-11-24-10-16-27(35)28(18-24)39-9/h10-18,20-23,29,31-33,35H,19H2,1-9H3/b17-11+/t29-,31-,32+,33+/m0/s1. The number of hydrogen-bond acceptors (Lipinski definition) is 11. The fraction of sp³-hybridized carbons (Fsp3) is 0.545. The number of fused-ring (bicyclic) bond motifs is 1. The van der Waals surface area contributed by atoms with Crippen LogP contribution in [0.15, 0.2) is 48.5 Å². The van der Waals surface area contributed by atoms with E-state index in [9.17, 15) is 20.0 Å². The van der Waals surface area contributed by atoms with Crippen LogP contribution in [0.5, 0.6) is 17.2 Å². The molecule has 47 heavy (non-hydrogen) atoms. The number of benzene rings is 2. The van der Waals surface area contributed by atoms with Crippen LogP contribution < -0.4 is 9.47 Å². The second-order valence-corrected chi connectivity index (χ2v) is 22.0. The Morgan fingerprint density at radius 1 is 0.979 bits per heavy atom. The Kier molecular flexibility index (Phi) is 11.6. The second-order valence-electron chi connectivity index (χ2n) is 13.1. The van der Waals surface area contributed by atoms with E-state index in [1.165, 1.54) is 43.5 Å². The zero-order valence-electron chi connectivity index (χ0n) is 28.5. The lowest BCUT2D eigenvalue weighted by atomic mass is 10.1. The molecule has 0 amide bonds. The average Bonchev–Trinajstić information content (AvgIpc) is 3.30. The zero-order chi connectivity index (χ0) is 34.7. The summed E-state index contributed by atoms with van der Waals surface area (Å²) in [6.07, 6.45) is -0.777. The van der Waals surface area contributed by atoms with Gasteiger partial charge in [0.05, 0.1) is 18.6 Å². The number of phenols is 1. The van der Waals surface area contributed by atoms with Crippen molar-refractivity contribution in [3.05, 3.63) is 64.2 Å². The number of esters is 1. The SMILES string of the molecule is COc1cc(/C=C/C(=O)O[C@H]2[C@H](Oc3ccc([N+](=O)[O-])cc3)O[C@H]3CO[Si](C(C)C)(C(C)C)O[Si](C(C)C)(C(C)C)O[C@H]23)ccc1O. The maximum atomic E-state index is 13.4. The van der Waals surface area contributed by atoms with E-state index in [0.717, 1.165) is 0 Å². The van der Waals surface area contributed by atoms with Gasteiger partial charge in [0.25, 0.3) is 5.69 Å². The third-order valence-electron chi connectivity index (χ3n) is 8.77. The van der Waals surface area contributed by atoms with Gasteiger partial charge >= 0.3 is 23.1 Å². The predicted octanol–water partition coefficient (Wildman–Crippen LogP) is 6.99. The molecule has 12 nitrogen and oxygen atoms in total. The number of ether oxygens (including phenoxy) is 4. The van der Waals surface area contributed by atoms with Gasteiger partial charge in [0.15, 0.2) is 17.6 Å². The van der Waals surface area contributed by atoms with E-state index < -0.39 is 52.6 Å². The molecule has 4 atom stereocenters. The van der Waals surface area contributed by atoms with Gasteiger partial charge in [-0.1, -0.05) is 61.5 Å². The molecule has 0 aromatic heterocycles. The van der Waals surface area contributed by atoms with Gasteiger partial charge in [-0.2, -0.15) is 0 Å². The van der Waals surface area contributed by atoms with Gasteiger partial charge in [0.2, 0.25) is 6.29 Å². The molecule has 2 fully saturated rings. The van der Waals surface area contributed by atoms with Crippen LogP contribution in [-0.4, -0.2) is 71.4 Å². The molecule has 4 rings (SSSR count). The summed E-state index contributed by atoms with van der Waals surface area (Å²) in [7, 11) is -4.54. The number of aromatic hydroxyl groups is 1. The van der Waals surface area contributed by atoms with Crippen LogP contribution in [0.2, 0.25) is 22.2 Å². The third kappa shape index (κ3) is 7.73. The molecular formula is C33H47NO11Si2. The Bertz CT molecular complexity index is 1410. The Labute approximate surface area is 278 Å². The number of rotatable bonds is 11. The number of nitro groups is 1. The molecular weight excluding hydrogens is 643 g/mol. The monoisotopic (exact) mass is 689 g/mol. The number of hydrogen-bond donors (Lipinski definition) is 1. The smallest absolute Gasteiger partial charge is 0.335 e. The van der Waals surface area contributed by atoms with Crippen molar-refractivity contribution in [1.82, 2.24) is 0 Å². The fourth-order valence-electron chi connectivity index (χ4n) is 6.24. The predicted molar refractivity (Wildman–Crippen MR) is 180 cm³/mol. The molecule has 2 aromatic rings. The quantitative estimate of drug-likeness (QED) is 0.0856. The first-order valence-corrected chi connectivity index (χ1v) is 19.9. The minimum absolute atomic E-state index is 0.0181. The van der Waals surface area contributed by atoms with Gasteiger partial charge < -0.3 is 37.0 Å². The molecule has 2 aromatic carbocycles. The summed E-state index contributed by atoms with van der Waals surface area (Å²) in [5.41, 5.74) is 0.798. The summed E-state index contributed by atoms with van der Waals surface area (Å²) in [5, 5.41) is 21.2. The van der Waals surface area contributed by atoms with Gasteiger partial charge in [-0.25, -0.2) is 4.79 Å². The highest BCUT2D eigenvalue weighted by atomic mass is 28.5. The van der Waals surface area contributed by atoms with E-state index in [-0.39, 0.29) is 46.0 Å². The molecule has 1 N–H and O–H groups in total. The number of phenolic OH excluding ortho intramolecular Hbond substituents is 1. The second kappa shape index (κ2) is 14.9. The molecule has 0 saturated carbocycles. The van der Waals surface area contributed by atoms with E-state index in [1.54, 1.807) is 18.2 Å². The van der Waals surface area contributed by atoms with Gasteiger partial charge in [-0.3, -0.25) is 10.1 Å². The Morgan fingerprint density at radius 3 is 2.15 bits per heavy atom. The lowest BCUT2D eigenvalue weighted by Gasteiger charge is -2.51. The normalized spacial score (nSPS) is 23.9. The lowest BCUT2D eigenvalue weighted by Crippen LogP contribution is -2.66. The number of carbonyl (C=O) groups excluding carboxylic acids is 1. The van der Waals surface area contributed by atoms with E-state index in [1.807, 2.05) is 0 Å². The van der Waals surface area contributed by atoms with E-state index in [0.29, 0.717) is 11.3 Å². The van der Waals surface area contributed by atoms with E-state index in [4.69, 9.17) is 31.9 Å². The van der Waals surface area contributed by atoms with E-state index >= 15 is 0 Å². The zero-order valence-corrected chi connectivity index (χ0v) is 30.5. The minimum Gasteiger partial charge on any atom is -0.504 e. The molecule has 2 saturated heterocycles. The summed E-state index contributed by atoms with van der Waals surface area (Å²) in [4.78, 5) is 24.1. The molecule has 0 radical (unpaired) electrons. The molecule has 0 aliphatic carbocycles. The number of nitrogens with zero attached hydrogens (tertiary/aromatic N) is 1. The Balaban J connectivity index is 1.72. The van der Waals surface area contributed by atoms with Crippen molar-refractivity contribution in [2.45, 2.75) is 102 Å². The van der Waals surface area contributed by atoms with Crippen LogP contribution >= 0.6 is 0 Å². The van der Waals surface area contributed by atoms with Crippen molar-refractivity contribution in [3.63, 3.8) is 0 Å². The molecule has 2 heterocycles. The summed E-state index contributed by atoms with van der Waals surface area (Å²) in [6.45, 7) is 17.0. The highest BCUT2D eigenvalue weighted by molar-refractivity contribution is 6.84. The minimum atomic E-state index is -3.11. The van der Waals surface area contributed by atoms with Crippen molar-refractivity contribution >= 4 is 34.9 Å². The van der Waals surface area contributed by atoms with Crippen molar-refractivity contribution in [2.75, 3.05) is 13.7 Å². The number of methoxy groups -OCH3 is 1. The number of non-ortho nitro benzene ring substituents is 1. The summed E-state index contributed by atoms with van der Waals surface area (Å²) in [5.74, 6) is -0.142. The van der Waals surface area contributed by atoms with Crippen molar-refractivity contribution in [3.8, 4) is 17.2 Å². The largest absolute Gasteiger partial charge is 0.504 e. The summed E-state index contributed by atoms with van der Waals surface area (Å²) in [6, 6.07) is 10.3. The highest BCUT2D eigenvalue weighted by Gasteiger charge is 2.62. The molecule has 0 spiro atoms. The number of nitro benzene ring substituents is 1. The highest BCUT2D eigenvalue weighted by Crippen LogP contribution is 2.48. The molecule has 2 aliphatic rings. The van der Waals surface area contributed by atoms with Crippen molar-refractivity contribution < 1.29 is 46.7 Å². The van der Waals surface area contributed by atoms with Crippen LogP contribution in [0.4, 0.5) is 5.69 Å². The first-order valence-electron chi connectivity index (χ1n) is 16.0.